The Morgan fingerprint density at radius 3 is 2.97 bits per heavy atom. The van der Waals surface area contributed by atoms with E-state index < -0.39 is 0 Å². The lowest BCUT2D eigenvalue weighted by Crippen LogP contribution is -2.40. The van der Waals surface area contributed by atoms with Crippen LogP contribution in [0.5, 0.6) is 11.5 Å². The Kier molecular flexibility index (Phi) is 7.78. The molecule has 29 heavy (non-hydrogen) atoms. The van der Waals surface area contributed by atoms with Crippen molar-refractivity contribution in [2.45, 2.75) is 26.2 Å². The second-order valence-corrected chi connectivity index (χ2v) is 7.44. The molecule has 0 bridgehead atoms. The third-order valence-corrected chi connectivity index (χ3v) is 5.08. The Balaban J connectivity index is 1.44. The van der Waals surface area contributed by atoms with E-state index in [1.54, 1.807) is 7.11 Å². The highest BCUT2D eigenvalue weighted by Gasteiger charge is 2.25. The summed E-state index contributed by atoms with van der Waals surface area (Å²) in [5.41, 5.74) is 1.32. The van der Waals surface area contributed by atoms with Crippen LogP contribution in [0, 0.1) is 5.92 Å². The molecular weight excluding hydrogens is 366 g/mol. The van der Waals surface area contributed by atoms with Crippen molar-refractivity contribution in [3.05, 3.63) is 42.2 Å². The van der Waals surface area contributed by atoms with Crippen molar-refractivity contribution in [1.29, 1.82) is 0 Å². The molecule has 0 aliphatic carbocycles. The smallest absolute Gasteiger partial charge is 0.193 e. The van der Waals surface area contributed by atoms with Crippen LogP contribution < -0.4 is 14.8 Å². The first-order valence-electron chi connectivity index (χ1n) is 10.5. The van der Waals surface area contributed by atoms with E-state index in [1.807, 2.05) is 42.2 Å². The van der Waals surface area contributed by atoms with E-state index in [9.17, 15) is 0 Å². The van der Waals surface area contributed by atoms with Gasteiger partial charge in [0.15, 0.2) is 5.96 Å². The van der Waals surface area contributed by atoms with Crippen molar-refractivity contribution >= 4 is 5.96 Å². The van der Waals surface area contributed by atoms with Gasteiger partial charge in [0.25, 0.3) is 0 Å². The van der Waals surface area contributed by atoms with Gasteiger partial charge in [-0.1, -0.05) is 6.07 Å². The van der Waals surface area contributed by atoms with E-state index in [1.165, 1.54) is 12.0 Å². The summed E-state index contributed by atoms with van der Waals surface area (Å²) in [5.74, 6) is 3.31. The Morgan fingerprint density at radius 2 is 2.21 bits per heavy atom. The number of benzene rings is 1. The van der Waals surface area contributed by atoms with Gasteiger partial charge in [-0.2, -0.15) is 5.10 Å². The van der Waals surface area contributed by atoms with E-state index in [-0.39, 0.29) is 0 Å². The molecule has 2 heterocycles. The molecule has 1 fully saturated rings. The highest BCUT2D eigenvalue weighted by Crippen LogP contribution is 2.21. The molecular formula is C22H33N5O2. The van der Waals surface area contributed by atoms with Crippen LogP contribution >= 0.6 is 0 Å². The Morgan fingerprint density at radius 1 is 1.34 bits per heavy atom. The second-order valence-electron chi connectivity index (χ2n) is 7.44. The molecule has 1 aromatic heterocycles. The molecule has 1 aliphatic heterocycles. The van der Waals surface area contributed by atoms with E-state index in [2.05, 4.69) is 28.4 Å². The standard InChI is InChI=1S/C22H33N5O2/c1-4-23-22(24-10-6-12-29-21-8-5-7-20(14-21)28-3)27-11-9-18(17-27)13-19-15-25-26(2)16-19/h5,7-8,14-16,18H,4,6,9-13,17H2,1-3H3,(H,23,24). The molecule has 0 amide bonds. The summed E-state index contributed by atoms with van der Waals surface area (Å²) < 4.78 is 12.9. The first-order chi connectivity index (χ1) is 14.2. The van der Waals surface area contributed by atoms with E-state index >= 15 is 0 Å². The maximum atomic E-state index is 5.81. The van der Waals surface area contributed by atoms with Crippen LogP contribution in [0.1, 0.15) is 25.3 Å². The average Bonchev–Trinajstić information content (AvgIpc) is 3.36. The minimum absolute atomic E-state index is 0.639. The van der Waals surface area contributed by atoms with Crippen LogP contribution in [0.2, 0.25) is 0 Å². The Bertz CT molecular complexity index is 789. The molecule has 0 spiro atoms. The summed E-state index contributed by atoms with van der Waals surface area (Å²) in [6, 6.07) is 7.70. The van der Waals surface area contributed by atoms with E-state index in [4.69, 9.17) is 14.5 Å². The zero-order chi connectivity index (χ0) is 20.5. The third-order valence-electron chi connectivity index (χ3n) is 5.08. The van der Waals surface area contributed by atoms with Gasteiger partial charge in [0.05, 0.1) is 19.9 Å². The lowest BCUT2D eigenvalue weighted by molar-refractivity contribution is 0.310. The number of likely N-dealkylation sites (tertiary alicyclic amines) is 1. The molecule has 2 aromatic rings. The maximum absolute atomic E-state index is 5.81. The van der Waals surface area contributed by atoms with Crippen LogP contribution in [-0.4, -0.2) is 60.5 Å². The van der Waals surface area contributed by atoms with Crippen molar-refractivity contribution in [3.63, 3.8) is 0 Å². The fourth-order valence-electron chi connectivity index (χ4n) is 3.66. The summed E-state index contributed by atoms with van der Waals surface area (Å²) in [6.07, 6.45) is 7.24. The molecule has 1 unspecified atom stereocenters. The zero-order valence-electron chi connectivity index (χ0n) is 17.8. The number of aromatic nitrogens is 2. The van der Waals surface area contributed by atoms with E-state index in [0.717, 1.165) is 56.5 Å². The lowest BCUT2D eigenvalue weighted by atomic mass is 10.0. The fraction of sp³-hybridized carbons (Fsp3) is 0.545. The van der Waals surface area contributed by atoms with Crippen molar-refractivity contribution in [2.24, 2.45) is 18.0 Å². The van der Waals surface area contributed by atoms with Crippen LogP contribution in [-0.2, 0) is 13.5 Å². The van der Waals surface area contributed by atoms with Gasteiger partial charge in [-0.15, -0.1) is 0 Å². The van der Waals surface area contributed by atoms with Crippen LogP contribution in [0.15, 0.2) is 41.7 Å². The topological polar surface area (TPSA) is 63.9 Å². The van der Waals surface area contributed by atoms with Crippen LogP contribution in [0.25, 0.3) is 0 Å². The van der Waals surface area contributed by atoms with E-state index in [0.29, 0.717) is 12.5 Å². The number of methoxy groups -OCH3 is 1. The molecule has 158 valence electrons. The molecule has 7 nitrogen and oxygen atoms in total. The quantitative estimate of drug-likeness (QED) is 0.399. The molecule has 3 rings (SSSR count). The third kappa shape index (κ3) is 6.41. The molecule has 1 aromatic carbocycles. The number of ether oxygens (including phenoxy) is 2. The number of nitrogens with zero attached hydrogens (tertiary/aromatic N) is 4. The number of nitrogens with one attached hydrogen (secondary N) is 1. The SMILES string of the molecule is CCNC(=NCCCOc1cccc(OC)c1)N1CCC(Cc2cnn(C)c2)C1. The molecule has 1 atom stereocenters. The van der Waals surface area contributed by atoms with Gasteiger partial charge in [0, 0.05) is 51.9 Å². The molecule has 1 N–H and O–H groups in total. The fourth-order valence-corrected chi connectivity index (χ4v) is 3.66. The minimum Gasteiger partial charge on any atom is -0.497 e. The number of aliphatic imine (C=N–C) groups is 1. The molecule has 1 aliphatic rings. The monoisotopic (exact) mass is 399 g/mol. The molecule has 7 heteroatoms. The molecule has 1 saturated heterocycles. The summed E-state index contributed by atoms with van der Waals surface area (Å²) in [5, 5.41) is 7.72. The van der Waals surface area contributed by atoms with Gasteiger partial charge in [-0.05, 0) is 43.4 Å². The Labute approximate surface area is 173 Å². The van der Waals surface area contributed by atoms with Crippen molar-refractivity contribution < 1.29 is 9.47 Å². The van der Waals surface area contributed by atoms with Gasteiger partial charge in [0.1, 0.15) is 11.5 Å². The maximum Gasteiger partial charge on any atom is 0.193 e. The average molecular weight is 400 g/mol. The number of hydrogen-bond acceptors (Lipinski definition) is 4. The molecule has 0 saturated carbocycles. The van der Waals surface area contributed by atoms with Gasteiger partial charge in [-0.25, -0.2) is 0 Å². The van der Waals surface area contributed by atoms with Gasteiger partial charge in [0.2, 0.25) is 0 Å². The number of aryl methyl sites for hydroxylation is 1. The van der Waals surface area contributed by atoms with Crippen LogP contribution in [0.4, 0.5) is 0 Å². The predicted octanol–water partition coefficient (Wildman–Crippen LogP) is 2.73. The highest BCUT2D eigenvalue weighted by molar-refractivity contribution is 5.80. The number of hydrogen-bond donors (Lipinski definition) is 1. The van der Waals surface area contributed by atoms with Crippen molar-refractivity contribution in [1.82, 2.24) is 20.0 Å². The summed E-state index contributed by atoms with van der Waals surface area (Å²) >= 11 is 0. The number of guanidine groups is 1. The first kappa shape index (κ1) is 21.0. The predicted molar refractivity (Wildman–Crippen MR) is 116 cm³/mol. The van der Waals surface area contributed by atoms with Gasteiger partial charge >= 0.3 is 0 Å². The van der Waals surface area contributed by atoms with Gasteiger partial charge in [-0.3, -0.25) is 9.67 Å². The minimum atomic E-state index is 0.639. The largest absolute Gasteiger partial charge is 0.497 e. The van der Waals surface area contributed by atoms with Crippen molar-refractivity contribution in [3.8, 4) is 11.5 Å². The summed E-state index contributed by atoms with van der Waals surface area (Å²) in [7, 11) is 3.63. The summed E-state index contributed by atoms with van der Waals surface area (Å²) in [4.78, 5) is 7.20. The second kappa shape index (κ2) is 10.7. The summed E-state index contributed by atoms with van der Waals surface area (Å²) in [6.45, 7) is 6.47. The lowest BCUT2D eigenvalue weighted by Gasteiger charge is -2.21. The Hall–Kier alpha value is -2.70. The number of rotatable bonds is 9. The first-order valence-corrected chi connectivity index (χ1v) is 10.5. The van der Waals surface area contributed by atoms with Gasteiger partial charge < -0.3 is 19.7 Å². The van der Waals surface area contributed by atoms with Crippen molar-refractivity contribution in [2.75, 3.05) is 39.9 Å². The normalized spacial score (nSPS) is 16.9. The van der Waals surface area contributed by atoms with Crippen LogP contribution in [0.3, 0.4) is 0 Å². The molecule has 0 radical (unpaired) electrons. The highest BCUT2D eigenvalue weighted by atomic mass is 16.5. The zero-order valence-corrected chi connectivity index (χ0v) is 17.8.